The van der Waals surface area contributed by atoms with Crippen molar-refractivity contribution < 1.29 is 14.3 Å². The SMILES string of the molecule is C[C@](N)(CC/C=C(/F)CN)C(=O)O. The molecule has 0 spiro atoms. The average molecular weight is 190 g/mol. The third kappa shape index (κ3) is 4.59. The van der Waals surface area contributed by atoms with Gasteiger partial charge in [0.2, 0.25) is 0 Å². The first-order valence-electron chi connectivity index (χ1n) is 3.97. The predicted octanol–water partition coefficient (Wildman–Crippen LogP) is 0.381. The maximum absolute atomic E-state index is 12.5. The van der Waals surface area contributed by atoms with Gasteiger partial charge in [-0.25, -0.2) is 4.39 Å². The third-order valence-electron chi connectivity index (χ3n) is 1.71. The molecule has 1 atom stereocenters. The number of allylic oxidation sites excluding steroid dienone is 1. The van der Waals surface area contributed by atoms with E-state index in [0.29, 0.717) is 0 Å². The highest BCUT2D eigenvalue weighted by Gasteiger charge is 2.26. The molecule has 0 saturated heterocycles. The van der Waals surface area contributed by atoms with E-state index in [1.165, 1.54) is 13.0 Å². The second-order valence-corrected chi connectivity index (χ2v) is 3.12. The second-order valence-electron chi connectivity index (χ2n) is 3.12. The minimum Gasteiger partial charge on any atom is -0.480 e. The van der Waals surface area contributed by atoms with Gasteiger partial charge in [0, 0.05) is 6.54 Å². The van der Waals surface area contributed by atoms with Crippen molar-refractivity contribution in [3.05, 3.63) is 11.9 Å². The predicted molar refractivity (Wildman–Crippen MR) is 47.7 cm³/mol. The van der Waals surface area contributed by atoms with Gasteiger partial charge in [-0.05, 0) is 19.8 Å². The van der Waals surface area contributed by atoms with Crippen molar-refractivity contribution in [2.24, 2.45) is 11.5 Å². The molecule has 4 nitrogen and oxygen atoms in total. The van der Waals surface area contributed by atoms with Crippen molar-refractivity contribution in [1.29, 1.82) is 0 Å². The van der Waals surface area contributed by atoms with E-state index >= 15 is 0 Å². The maximum Gasteiger partial charge on any atom is 0.323 e. The summed E-state index contributed by atoms with van der Waals surface area (Å²) in [6.45, 7) is 1.23. The monoisotopic (exact) mass is 190 g/mol. The van der Waals surface area contributed by atoms with Crippen LogP contribution in [0.2, 0.25) is 0 Å². The Morgan fingerprint density at radius 2 is 2.23 bits per heavy atom. The summed E-state index contributed by atoms with van der Waals surface area (Å²) >= 11 is 0. The van der Waals surface area contributed by atoms with Gasteiger partial charge in [0.05, 0.1) is 0 Å². The van der Waals surface area contributed by atoms with Gasteiger partial charge in [-0.15, -0.1) is 0 Å². The first-order valence-corrected chi connectivity index (χ1v) is 3.97. The molecule has 0 heterocycles. The lowest BCUT2D eigenvalue weighted by molar-refractivity contribution is -0.142. The van der Waals surface area contributed by atoms with Crippen LogP contribution in [0.5, 0.6) is 0 Å². The van der Waals surface area contributed by atoms with Gasteiger partial charge in [-0.3, -0.25) is 4.79 Å². The van der Waals surface area contributed by atoms with E-state index in [9.17, 15) is 9.18 Å². The van der Waals surface area contributed by atoms with Gasteiger partial charge in [0.1, 0.15) is 11.4 Å². The van der Waals surface area contributed by atoms with E-state index in [-0.39, 0.29) is 19.4 Å². The lowest BCUT2D eigenvalue weighted by atomic mass is 9.97. The molecule has 0 unspecified atom stereocenters. The fourth-order valence-corrected chi connectivity index (χ4v) is 0.719. The van der Waals surface area contributed by atoms with E-state index in [1.54, 1.807) is 0 Å². The van der Waals surface area contributed by atoms with Crippen molar-refractivity contribution >= 4 is 5.97 Å². The smallest absolute Gasteiger partial charge is 0.323 e. The van der Waals surface area contributed by atoms with Crippen LogP contribution in [0.4, 0.5) is 4.39 Å². The number of aliphatic carboxylic acids is 1. The van der Waals surface area contributed by atoms with Crippen LogP contribution >= 0.6 is 0 Å². The Bertz CT molecular complexity index is 214. The number of hydrogen-bond donors (Lipinski definition) is 3. The highest BCUT2D eigenvalue weighted by Crippen LogP contribution is 2.10. The zero-order valence-electron chi connectivity index (χ0n) is 7.59. The van der Waals surface area contributed by atoms with Crippen molar-refractivity contribution in [2.75, 3.05) is 6.54 Å². The van der Waals surface area contributed by atoms with Gasteiger partial charge in [0.25, 0.3) is 0 Å². The van der Waals surface area contributed by atoms with E-state index in [2.05, 4.69) is 0 Å². The van der Waals surface area contributed by atoms with Crippen molar-refractivity contribution in [2.45, 2.75) is 25.3 Å². The fourth-order valence-electron chi connectivity index (χ4n) is 0.719. The summed E-state index contributed by atoms with van der Waals surface area (Å²) < 4.78 is 12.5. The molecule has 0 amide bonds. The Labute approximate surface area is 76.4 Å². The van der Waals surface area contributed by atoms with Gasteiger partial charge in [-0.2, -0.15) is 0 Å². The molecular weight excluding hydrogens is 175 g/mol. The highest BCUT2D eigenvalue weighted by atomic mass is 19.1. The Morgan fingerprint density at radius 3 is 2.62 bits per heavy atom. The summed E-state index contributed by atoms with van der Waals surface area (Å²) in [7, 11) is 0. The lowest BCUT2D eigenvalue weighted by Crippen LogP contribution is -2.44. The number of rotatable bonds is 5. The molecule has 0 aromatic rings. The molecule has 0 fully saturated rings. The maximum atomic E-state index is 12.5. The van der Waals surface area contributed by atoms with Gasteiger partial charge in [0.15, 0.2) is 0 Å². The van der Waals surface area contributed by atoms with Crippen molar-refractivity contribution in [3.63, 3.8) is 0 Å². The molecule has 0 radical (unpaired) electrons. The molecule has 0 rings (SSSR count). The van der Waals surface area contributed by atoms with Crippen LogP contribution in [0.25, 0.3) is 0 Å². The fraction of sp³-hybridized carbons (Fsp3) is 0.625. The molecule has 5 N–H and O–H groups in total. The topological polar surface area (TPSA) is 89.3 Å². The first kappa shape index (κ1) is 12.1. The summed E-state index contributed by atoms with van der Waals surface area (Å²) in [5.74, 6) is -1.53. The van der Waals surface area contributed by atoms with Crippen LogP contribution in [0.1, 0.15) is 19.8 Å². The lowest BCUT2D eigenvalue weighted by Gasteiger charge is -2.17. The van der Waals surface area contributed by atoms with Crippen LogP contribution in [0.15, 0.2) is 11.9 Å². The van der Waals surface area contributed by atoms with Crippen LogP contribution < -0.4 is 11.5 Å². The minimum atomic E-state index is -1.30. The van der Waals surface area contributed by atoms with Gasteiger partial charge < -0.3 is 16.6 Å². The second kappa shape index (κ2) is 4.94. The molecule has 0 aromatic heterocycles. The first-order chi connectivity index (χ1) is 5.90. The van der Waals surface area contributed by atoms with Crippen molar-refractivity contribution in [1.82, 2.24) is 0 Å². The molecule has 0 aliphatic carbocycles. The molecule has 13 heavy (non-hydrogen) atoms. The van der Waals surface area contributed by atoms with E-state index in [0.717, 1.165) is 0 Å². The Balaban J connectivity index is 3.96. The van der Waals surface area contributed by atoms with Crippen LogP contribution in [0, 0.1) is 0 Å². The van der Waals surface area contributed by atoms with Crippen LogP contribution in [-0.2, 0) is 4.79 Å². The zero-order valence-corrected chi connectivity index (χ0v) is 7.59. The van der Waals surface area contributed by atoms with E-state index in [1.807, 2.05) is 0 Å². The molecule has 5 heteroatoms. The number of carboxylic acid groups (broad SMARTS) is 1. The number of carbonyl (C=O) groups is 1. The normalized spacial score (nSPS) is 16.8. The van der Waals surface area contributed by atoms with Gasteiger partial charge in [-0.1, -0.05) is 6.08 Å². The third-order valence-corrected chi connectivity index (χ3v) is 1.71. The summed E-state index contributed by atoms with van der Waals surface area (Å²) in [6, 6.07) is 0. The number of hydrogen-bond acceptors (Lipinski definition) is 3. The number of carboxylic acids is 1. The summed E-state index contributed by atoms with van der Waals surface area (Å²) in [4.78, 5) is 10.5. The molecule has 0 aliphatic rings. The van der Waals surface area contributed by atoms with Crippen LogP contribution in [0.3, 0.4) is 0 Å². The quantitative estimate of drug-likeness (QED) is 0.584. The molecule has 0 aromatic carbocycles. The summed E-state index contributed by atoms with van der Waals surface area (Å²) in [5, 5.41) is 8.60. The van der Waals surface area contributed by atoms with E-state index < -0.39 is 17.3 Å². The zero-order chi connectivity index (χ0) is 10.5. The Kier molecular flexibility index (Phi) is 4.58. The average Bonchev–Trinajstić information content (AvgIpc) is 2.03. The van der Waals surface area contributed by atoms with Crippen molar-refractivity contribution in [3.8, 4) is 0 Å². The summed E-state index contributed by atoms with van der Waals surface area (Å²) in [5.41, 5.74) is 9.10. The molecule has 0 aliphatic heterocycles. The Morgan fingerprint density at radius 1 is 1.69 bits per heavy atom. The standard InChI is InChI=1S/C8H15FN2O2/c1-8(11,7(12)13)4-2-3-6(9)5-10/h3H,2,4-5,10-11H2,1H3,(H,12,13)/b6-3+/t8-/m0/s1. The van der Waals surface area contributed by atoms with Crippen LogP contribution in [-0.4, -0.2) is 23.2 Å². The highest BCUT2D eigenvalue weighted by molar-refractivity contribution is 5.77. The molecule has 0 saturated carbocycles. The number of halogens is 1. The van der Waals surface area contributed by atoms with Gasteiger partial charge >= 0.3 is 5.97 Å². The number of nitrogens with two attached hydrogens (primary N) is 2. The molecule has 76 valence electrons. The summed E-state index contributed by atoms with van der Waals surface area (Å²) in [6.07, 6.45) is 1.73. The Hall–Kier alpha value is -0.940. The molecular formula is C8H15FN2O2. The minimum absolute atomic E-state index is 0.158. The largest absolute Gasteiger partial charge is 0.480 e. The molecule has 0 bridgehead atoms. The van der Waals surface area contributed by atoms with E-state index in [4.69, 9.17) is 16.6 Å².